The van der Waals surface area contributed by atoms with E-state index in [4.69, 9.17) is 4.74 Å². The number of amides is 1. The fourth-order valence-corrected chi connectivity index (χ4v) is 4.35. The van der Waals surface area contributed by atoms with Crippen molar-refractivity contribution >= 4 is 27.3 Å². The van der Waals surface area contributed by atoms with Crippen LogP contribution in [0.25, 0.3) is 0 Å². The Bertz CT molecular complexity index is 1210. The third-order valence-corrected chi connectivity index (χ3v) is 5.89. The molecule has 3 aromatic carbocycles. The van der Waals surface area contributed by atoms with Crippen molar-refractivity contribution in [2.45, 2.75) is 19.1 Å². The van der Waals surface area contributed by atoms with Crippen LogP contribution in [0.3, 0.4) is 0 Å². The van der Waals surface area contributed by atoms with Gasteiger partial charge in [-0.25, -0.2) is 8.42 Å². The number of alkyl halides is 3. The van der Waals surface area contributed by atoms with E-state index in [0.29, 0.717) is 11.5 Å². The van der Waals surface area contributed by atoms with Crippen molar-refractivity contribution in [3.8, 4) is 11.5 Å². The molecule has 1 N–H and O–H groups in total. The van der Waals surface area contributed by atoms with Crippen LogP contribution in [0, 0.1) is 0 Å². The first-order chi connectivity index (χ1) is 15.5. The summed E-state index contributed by atoms with van der Waals surface area (Å²) in [4.78, 5) is 12.8. The third kappa shape index (κ3) is 6.04. The number of sulfonamides is 1. The molecule has 174 valence electrons. The van der Waals surface area contributed by atoms with Gasteiger partial charge < -0.3 is 10.1 Å². The molecule has 0 aliphatic heterocycles. The quantitative estimate of drug-likeness (QED) is 0.501. The molecule has 0 radical (unpaired) electrons. The normalized spacial score (nSPS) is 12.6. The fraction of sp³-hybridized carbons (Fsp3) is 0.174. The Morgan fingerprint density at radius 3 is 2.03 bits per heavy atom. The largest absolute Gasteiger partial charge is 0.457 e. The van der Waals surface area contributed by atoms with Gasteiger partial charge in [-0.15, -0.1) is 0 Å². The van der Waals surface area contributed by atoms with Crippen molar-refractivity contribution in [3.63, 3.8) is 0 Å². The van der Waals surface area contributed by atoms with Crippen LogP contribution in [0.1, 0.15) is 12.5 Å². The number of para-hydroxylation sites is 2. The smallest absolute Gasteiger partial charge is 0.418 e. The van der Waals surface area contributed by atoms with Crippen LogP contribution in [0.15, 0.2) is 78.9 Å². The van der Waals surface area contributed by atoms with Crippen LogP contribution < -0.4 is 14.4 Å². The second-order valence-corrected chi connectivity index (χ2v) is 9.04. The maximum absolute atomic E-state index is 13.2. The summed E-state index contributed by atoms with van der Waals surface area (Å²) in [5.41, 5.74) is -1.33. The summed E-state index contributed by atoms with van der Waals surface area (Å²) in [6, 6.07) is 18.0. The van der Waals surface area contributed by atoms with Gasteiger partial charge in [0.2, 0.25) is 15.9 Å². The number of nitrogens with one attached hydrogen (secondary N) is 1. The summed E-state index contributed by atoms with van der Waals surface area (Å²) in [6.45, 7) is 1.29. The number of benzene rings is 3. The van der Waals surface area contributed by atoms with E-state index in [9.17, 15) is 26.4 Å². The average molecular weight is 478 g/mol. The number of hydrogen-bond donors (Lipinski definition) is 1. The lowest BCUT2D eigenvalue weighted by atomic mass is 10.1. The van der Waals surface area contributed by atoms with Crippen molar-refractivity contribution < 1.29 is 31.1 Å². The van der Waals surface area contributed by atoms with E-state index in [0.717, 1.165) is 22.7 Å². The van der Waals surface area contributed by atoms with E-state index in [1.165, 1.54) is 43.3 Å². The molecule has 3 rings (SSSR count). The van der Waals surface area contributed by atoms with Crippen LogP contribution >= 0.6 is 0 Å². The zero-order valence-corrected chi connectivity index (χ0v) is 18.5. The van der Waals surface area contributed by atoms with E-state index in [2.05, 4.69) is 5.32 Å². The number of hydrogen-bond acceptors (Lipinski definition) is 4. The van der Waals surface area contributed by atoms with Gasteiger partial charge in [-0.05, 0) is 55.5 Å². The average Bonchev–Trinajstić information content (AvgIpc) is 2.74. The van der Waals surface area contributed by atoms with Gasteiger partial charge in [0.1, 0.15) is 17.5 Å². The number of carbonyl (C=O) groups is 1. The topological polar surface area (TPSA) is 75.7 Å². The molecule has 0 fully saturated rings. The van der Waals surface area contributed by atoms with Gasteiger partial charge in [0.15, 0.2) is 0 Å². The van der Waals surface area contributed by atoms with Crippen molar-refractivity contribution in [3.05, 3.63) is 84.4 Å². The lowest BCUT2D eigenvalue weighted by Gasteiger charge is -2.28. The Morgan fingerprint density at radius 2 is 1.45 bits per heavy atom. The predicted molar refractivity (Wildman–Crippen MR) is 120 cm³/mol. The predicted octanol–water partition coefficient (Wildman–Crippen LogP) is 5.29. The van der Waals surface area contributed by atoms with Crippen LogP contribution in [-0.4, -0.2) is 26.6 Å². The zero-order chi connectivity index (χ0) is 24.2. The van der Waals surface area contributed by atoms with Crippen LogP contribution in [0.4, 0.5) is 24.5 Å². The highest BCUT2D eigenvalue weighted by Crippen LogP contribution is 2.35. The summed E-state index contributed by atoms with van der Waals surface area (Å²) < 4.78 is 71.2. The fourth-order valence-electron chi connectivity index (χ4n) is 3.17. The molecule has 0 aliphatic rings. The summed E-state index contributed by atoms with van der Waals surface area (Å²) in [7, 11) is -3.96. The Labute approximate surface area is 189 Å². The highest BCUT2D eigenvalue weighted by Gasteiger charge is 2.35. The first-order valence-corrected chi connectivity index (χ1v) is 11.6. The second-order valence-electron chi connectivity index (χ2n) is 7.18. The molecule has 0 heterocycles. The van der Waals surface area contributed by atoms with E-state index >= 15 is 0 Å². The van der Waals surface area contributed by atoms with E-state index in [-0.39, 0.29) is 5.69 Å². The monoisotopic (exact) mass is 478 g/mol. The van der Waals surface area contributed by atoms with Gasteiger partial charge in [0.05, 0.1) is 23.2 Å². The molecule has 6 nitrogen and oxygen atoms in total. The molecule has 33 heavy (non-hydrogen) atoms. The molecule has 0 saturated heterocycles. The molecule has 0 aliphatic carbocycles. The number of carbonyl (C=O) groups excluding carboxylic acids is 1. The highest BCUT2D eigenvalue weighted by atomic mass is 32.2. The second kappa shape index (κ2) is 9.53. The minimum absolute atomic E-state index is 0.157. The summed E-state index contributed by atoms with van der Waals surface area (Å²) in [5.74, 6) is 0.109. The molecule has 0 unspecified atom stereocenters. The molecule has 1 amide bonds. The zero-order valence-electron chi connectivity index (χ0n) is 17.7. The first kappa shape index (κ1) is 24.1. The van der Waals surface area contributed by atoms with E-state index in [1.54, 1.807) is 24.3 Å². The minimum Gasteiger partial charge on any atom is -0.457 e. The number of rotatable bonds is 7. The van der Waals surface area contributed by atoms with Crippen molar-refractivity contribution in [2.24, 2.45) is 0 Å². The Hall–Kier alpha value is -3.53. The lowest BCUT2D eigenvalue weighted by molar-refractivity contribution is -0.137. The molecule has 0 spiro atoms. The maximum atomic E-state index is 13.2. The van der Waals surface area contributed by atoms with Crippen LogP contribution in [-0.2, 0) is 21.0 Å². The van der Waals surface area contributed by atoms with Crippen molar-refractivity contribution in [1.29, 1.82) is 0 Å². The molecule has 0 saturated carbocycles. The molecule has 0 aromatic heterocycles. The Balaban J connectivity index is 1.84. The molecule has 3 aromatic rings. The summed E-state index contributed by atoms with van der Waals surface area (Å²) in [6.07, 6.45) is -3.77. The Morgan fingerprint density at radius 1 is 0.909 bits per heavy atom. The molecule has 0 bridgehead atoms. The van der Waals surface area contributed by atoms with E-state index < -0.39 is 39.4 Å². The third-order valence-electron chi connectivity index (χ3n) is 4.65. The van der Waals surface area contributed by atoms with Crippen molar-refractivity contribution in [2.75, 3.05) is 15.9 Å². The Kier molecular flexibility index (Phi) is 6.97. The highest BCUT2D eigenvalue weighted by molar-refractivity contribution is 7.92. The first-order valence-electron chi connectivity index (χ1n) is 9.76. The standard InChI is InChI=1S/C23H21F3N2O4S/c1-16(22(29)27-21-11-7-6-10-20(21)23(24,25)26)28(33(2,30)31)17-12-14-19(15-13-17)32-18-8-4-3-5-9-18/h3-16H,1-2H3,(H,27,29)/t16-/m0/s1. The summed E-state index contributed by atoms with van der Waals surface area (Å²) >= 11 is 0. The van der Waals surface area contributed by atoms with Crippen LogP contribution in [0.5, 0.6) is 11.5 Å². The van der Waals surface area contributed by atoms with Gasteiger partial charge in [0.25, 0.3) is 0 Å². The molecule has 10 heteroatoms. The van der Waals surface area contributed by atoms with Crippen molar-refractivity contribution in [1.82, 2.24) is 0 Å². The van der Waals surface area contributed by atoms with Gasteiger partial charge in [-0.3, -0.25) is 9.10 Å². The summed E-state index contributed by atoms with van der Waals surface area (Å²) in [5, 5.41) is 2.19. The number of nitrogens with zero attached hydrogens (tertiary/aromatic N) is 1. The SMILES string of the molecule is C[C@@H](C(=O)Nc1ccccc1C(F)(F)F)N(c1ccc(Oc2ccccc2)cc1)S(C)(=O)=O. The molecular weight excluding hydrogens is 457 g/mol. The van der Waals surface area contributed by atoms with Gasteiger partial charge >= 0.3 is 6.18 Å². The number of halogens is 3. The van der Waals surface area contributed by atoms with E-state index in [1.807, 2.05) is 6.07 Å². The number of ether oxygens (including phenoxy) is 1. The number of anilines is 2. The lowest BCUT2D eigenvalue weighted by Crippen LogP contribution is -2.45. The van der Waals surface area contributed by atoms with Gasteiger partial charge in [-0.2, -0.15) is 13.2 Å². The molecular formula is C23H21F3N2O4S. The van der Waals surface area contributed by atoms with Gasteiger partial charge in [0, 0.05) is 0 Å². The minimum atomic E-state index is -4.68. The van der Waals surface area contributed by atoms with Crippen LogP contribution in [0.2, 0.25) is 0 Å². The molecule has 1 atom stereocenters. The van der Waals surface area contributed by atoms with Gasteiger partial charge in [-0.1, -0.05) is 30.3 Å². The maximum Gasteiger partial charge on any atom is 0.418 e.